The number of benzene rings is 1. The van der Waals surface area contributed by atoms with Crippen LogP contribution in [0.2, 0.25) is 5.02 Å². The highest BCUT2D eigenvalue weighted by Gasteiger charge is 2.09. The van der Waals surface area contributed by atoms with Crippen molar-refractivity contribution in [1.82, 2.24) is 0 Å². The van der Waals surface area contributed by atoms with Gasteiger partial charge in [0, 0.05) is 11.4 Å². The second kappa shape index (κ2) is 14.3. The summed E-state index contributed by atoms with van der Waals surface area (Å²) in [7, 11) is -2.17. The molecule has 6 heteroatoms. The average Bonchev–Trinajstić information content (AvgIpc) is 2.54. The van der Waals surface area contributed by atoms with Crippen LogP contribution in [0.15, 0.2) is 35.9 Å². The molecule has 138 valence electrons. The first-order chi connectivity index (χ1) is 11.7. The quantitative estimate of drug-likeness (QED) is 0.350. The topological polar surface area (TPSA) is 51.2 Å². The molecule has 1 aromatic carbocycles. The normalized spacial score (nSPS) is 12.1. The van der Waals surface area contributed by atoms with Gasteiger partial charge in [0.15, 0.2) is 12.3 Å². The van der Waals surface area contributed by atoms with Crippen LogP contribution in [-0.2, 0) is 20.3 Å². The van der Waals surface area contributed by atoms with Gasteiger partial charge in [-0.3, -0.25) is 4.79 Å². The smallest absolute Gasteiger partial charge is 0.300 e. The van der Waals surface area contributed by atoms with E-state index in [1.54, 1.807) is 13.3 Å². The highest BCUT2D eigenvalue weighted by Crippen LogP contribution is 2.17. The summed E-state index contributed by atoms with van der Waals surface area (Å²) in [6.07, 6.45) is 6.23. The largest absolute Gasteiger partial charge is 0.339 e. The van der Waals surface area contributed by atoms with Crippen molar-refractivity contribution < 1.29 is 13.9 Å². The molecular weight excluding hydrogens is 374 g/mol. The summed E-state index contributed by atoms with van der Waals surface area (Å²) in [5, 5.41) is 0.761. The van der Waals surface area contributed by atoms with Gasteiger partial charge in [-0.15, -0.1) is 0 Å². The minimum atomic E-state index is -1.11. The molecule has 0 saturated heterocycles. The van der Waals surface area contributed by atoms with E-state index in [-0.39, 0.29) is 5.78 Å². The number of allylic oxidation sites excluding steroid dienone is 2. The Morgan fingerprint density at radius 3 is 2.16 bits per heavy atom. The molecule has 0 fully saturated rings. The van der Waals surface area contributed by atoms with E-state index in [4.69, 9.17) is 11.6 Å². The van der Waals surface area contributed by atoms with Crippen molar-refractivity contribution in [3.05, 3.63) is 46.5 Å². The first kappa shape index (κ1) is 24.1. The second-order valence-electron chi connectivity index (χ2n) is 6.05. The van der Waals surface area contributed by atoms with Crippen LogP contribution in [0.1, 0.15) is 38.7 Å². The summed E-state index contributed by atoms with van der Waals surface area (Å²) in [6, 6.07) is 7.83. The van der Waals surface area contributed by atoms with Crippen LogP contribution < -0.4 is 0 Å². The maximum absolute atomic E-state index is 10.9. The van der Waals surface area contributed by atoms with E-state index >= 15 is 0 Å². The number of ketones is 1. The maximum Gasteiger partial charge on any atom is 0.339 e. The molecule has 0 aromatic heterocycles. The van der Waals surface area contributed by atoms with Gasteiger partial charge in [-0.1, -0.05) is 45.4 Å². The number of hydrogen-bond acceptors (Lipinski definition) is 3. The number of Topliss-reactive ketones (excluding diaryl/α,β-unsaturated/α-hetero) is 1. The minimum Gasteiger partial charge on any atom is -0.300 e. The molecule has 0 heterocycles. The summed E-state index contributed by atoms with van der Waals surface area (Å²) in [5.74, 6) is 0.243. The number of rotatable bonds is 9. The Morgan fingerprint density at radius 1 is 1.08 bits per heavy atom. The van der Waals surface area contributed by atoms with Crippen LogP contribution in [0, 0.1) is 0 Å². The van der Waals surface area contributed by atoms with Crippen molar-refractivity contribution in [2.75, 3.05) is 25.7 Å². The molecule has 0 radical (unpaired) electrons. The molecule has 0 aliphatic heterocycles. The lowest BCUT2D eigenvalue weighted by Gasteiger charge is -2.00. The van der Waals surface area contributed by atoms with E-state index in [1.807, 2.05) is 37.3 Å². The molecule has 0 N–H and O–H groups in total. The predicted molar refractivity (Wildman–Crippen MR) is 110 cm³/mol. The van der Waals surface area contributed by atoms with Crippen molar-refractivity contribution >= 4 is 33.0 Å². The van der Waals surface area contributed by atoms with Crippen molar-refractivity contribution in [3.63, 3.8) is 0 Å². The molecule has 0 bridgehead atoms. The van der Waals surface area contributed by atoms with E-state index in [9.17, 15) is 13.9 Å². The SMILES string of the molecule is CC(=CC[P+](C)=O)Cc1ccc(Cl)cc1.CCCC(=O)CC[P+](C)=O. The molecule has 3 nitrogen and oxygen atoms in total. The molecule has 0 saturated carbocycles. The van der Waals surface area contributed by atoms with Crippen LogP contribution in [0.25, 0.3) is 0 Å². The highest BCUT2D eigenvalue weighted by atomic mass is 35.5. The Morgan fingerprint density at radius 2 is 1.68 bits per heavy atom. The van der Waals surface area contributed by atoms with Gasteiger partial charge < -0.3 is 0 Å². The third-order valence-corrected chi connectivity index (χ3v) is 5.13. The van der Waals surface area contributed by atoms with Gasteiger partial charge in [-0.05, 0) is 43.5 Å². The zero-order valence-electron chi connectivity index (χ0n) is 15.6. The lowest BCUT2D eigenvalue weighted by atomic mass is 10.1. The van der Waals surface area contributed by atoms with E-state index in [1.165, 1.54) is 11.1 Å². The van der Waals surface area contributed by atoms with E-state index in [0.717, 1.165) is 17.9 Å². The fourth-order valence-electron chi connectivity index (χ4n) is 1.97. The molecule has 2 atom stereocenters. The molecule has 1 aromatic rings. The molecule has 2 unspecified atom stereocenters. The van der Waals surface area contributed by atoms with Gasteiger partial charge in [0.05, 0.1) is 6.42 Å². The van der Waals surface area contributed by atoms with Crippen molar-refractivity contribution in [2.45, 2.75) is 39.5 Å². The Hall–Kier alpha value is -0.880. The Kier molecular flexibility index (Phi) is 13.8. The fourth-order valence-corrected chi connectivity index (χ4v) is 3.23. The fraction of sp³-hybridized carbons (Fsp3) is 0.526. The summed E-state index contributed by atoms with van der Waals surface area (Å²) in [6.45, 7) is 7.45. The lowest BCUT2D eigenvalue weighted by molar-refractivity contribution is -0.118. The standard InChI is InChI=1S/C12H15ClOP.C7H14O2P/c1-10(7-8-15(2)14)9-11-3-5-12(13)6-4-11;1-3-4-7(8)5-6-10(2)9/h3-7H,8-9H2,1-2H3;3-6H2,1-2H3/q2*+1. The van der Waals surface area contributed by atoms with Crippen LogP contribution in [0.5, 0.6) is 0 Å². The van der Waals surface area contributed by atoms with Crippen LogP contribution in [0.4, 0.5) is 0 Å². The monoisotopic (exact) mass is 402 g/mol. The Balaban J connectivity index is 0.000000504. The highest BCUT2D eigenvalue weighted by molar-refractivity contribution is 7.44. The zero-order chi connectivity index (χ0) is 19.2. The first-order valence-electron chi connectivity index (χ1n) is 8.42. The summed E-state index contributed by atoms with van der Waals surface area (Å²) < 4.78 is 21.5. The molecule has 1 rings (SSSR count). The number of hydrogen-bond donors (Lipinski definition) is 0. The lowest BCUT2D eigenvalue weighted by Crippen LogP contribution is -1.97. The Bertz CT molecular complexity index is 595. The molecule has 0 spiro atoms. The molecule has 0 amide bonds. The zero-order valence-corrected chi connectivity index (χ0v) is 18.2. The predicted octanol–water partition coefficient (Wildman–Crippen LogP) is 6.49. The molecular formula is C19H29ClO3P2+2. The van der Waals surface area contributed by atoms with Crippen molar-refractivity contribution in [2.24, 2.45) is 0 Å². The van der Waals surface area contributed by atoms with Crippen LogP contribution >= 0.6 is 27.2 Å². The summed E-state index contributed by atoms with van der Waals surface area (Å²) in [4.78, 5) is 10.8. The van der Waals surface area contributed by atoms with Gasteiger partial charge in [0.2, 0.25) is 0 Å². The average molecular weight is 403 g/mol. The van der Waals surface area contributed by atoms with E-state index in [2.05, 4.69) is 6.92 Å². The molecule has 0 aliphatic carbocycles. The van der Waals surface area contributed by atoms with E-state index in [0.29, 0.717) is 25.2 Å². The van der Waals surface area contributed by atoms with Crippen LogP contribution in [0.3, 0.4) is 0 Å². The number of halogens is 1. The summed E-state index contributed by atoms with van der Waals surface area (Å²) >= 11 is 5.80. The van der Waals surface area contributed by atoms with E-state index < -0.39 is 15.6 Å². The molecule has 0 aliphatic rings. The number of carbonyl (C=O) groups is 1. The Labute approximate surface area is 158 Å². The van der Waals surface area contributed by atoms with Crippen LogP contribution in [-0.4, -0.2) is 31.4 Å². The first-order valence-corrected chi connectivity index (χ1v) is 12.6. The van der Waals surface area contributed by atoms with Gasteiger partial charge in [0.25, 0.3) is 0 Å². The van der Waals surface area contributed by atoms with Gasteiger partial charge in [-0.2, -0.15) is 0 Å². The van der Waals surface area contributed by atoms with Crippen molar-refractivity contribution in [1.29, 1.82) is 0 Å². The maximum atomic E-state index is 10.9. The van der Waals surface area contributed by atoms with Gasteiger partial charge in [-0.25, -0.2) is 0 Å². The minimum absolute atomic E-state index is 0.243. The third kappa shape index (κ3) is 15.1. The third-order valence-electron chi connectivity index (χ3n) is 3.33. The number of carbonyl (C=O) groups excluding carboxylic acids is 1. The van der Waals surface area contributed by atoms with Gasteiger partial charge in [0.1, 0.15) is 19.1 Å². The molecule has 25 heavy (non-hydrogen) atoms. The van der Waals surface area contributed by atoms with Crippen molar-refractivity contribution in [3.8, 4) is 0 Å². The van der Waals surface area contributed by atoms with Gasteiger partial charge >= 0.3 is 15.6 Å². The second-order valence-corrected chi connectivity index (χ2v) is 9.81. The summed E-state index contributed by atoms with van der Waals surface area (Å²) in [5.41, 5.74) is 2.49.